The van der Waals surface area contributed by atoms with E-state index in [9.17, 15) is 19.7 Å². The summed E-state index contributed by atoms with van der Waals surface area (Å²) >= 11 is 1.13. The Bertz CT molecular complexity index is 989. The SMILES string of the molecule is C/C(=N/N=C1\NC(=O)[C@@H](CC(=O)Nc2ccccc2)S1)c1ccc([N+](=O)[O-])cc1. The molecule has 3 rings (SSSR count). The third kappa shape index (κ3) is 5.48. The highest BCUT2D eigenvalue weighted by Crippen LogP contribution is 2.23. The second kappa shape index (κ2) is 9.11. The number of amidine groups is 1. The first-order chi connectivity index (χ1) is 13.9. The Labute approximate surface area is 170 Å². The van der Waals surface area contributed by atoms with Gasteiger partial charge in [-0.15, -0.1) is 5.10 Å². The van der Waals surface area contributed by atoms with Crippen LogP contribution in [0.25, 0.3) is 0 Å². The molecule has 10 heteroatoms. The number of non-ortho nitro benzene ring substituents is 1. The van der Waals surface area contributed by atoms with Gasteiger partial charge in [0.25, 0.3) is 5.69 Å². The number of carbonyl (C=O) groups is 2. The third-order valence-corrected chi connectivity index (χ3v) is 5.06. The van der Waals surface area contributed by atoms with E-state index in [-0.39, 0.29) is 23.9 Å². The minimum Gasteiger partial charge on any atom is -0.326 e. The van der Waals surface area contributed by atoms with E-state index >= 15 is 0 Å². The highest BCUT2D eigenvalue weighted by atomic mass is 32.2. The van der Waals surface area contributed by atoms with Gasteiger partial charge in [-0.05, 0) is 36.8 Å². The Morgan fingerprint density at radius 1 is 1.21 bits per heavy atom. The molecule has 0 unspecified atom stereocenters. The van der Waals surface area contributed by atoms with Crippen LogP contribution in [-0.2, 0) is 9.59 Å². The Morgan fingerprint density at radius 2 is 1.90 bits per heavy atom. The maximum Gasteiger partial charge on any atom is 0.269 e. The van der Waals surface area contributed by atoms with Gasteiger partial charge in [-0.1, -0.05) is 30.0 Å². The van der Waals surface area contributed by atoms with Gasteiger partial charge in [-0.2, -0.15) is 5.10 Å². The fraction of sp³-hybridized carbons (Fsp3) is 0.158. The number of thioether (sulfide) groups is 1. The minimum atomic E-state index is -0.590. The summed E-state index contributed by atoms with van der Waals surface area (Å²) in [5, 5.41) is 23.8. The zero-order valence-electron chi connectivity index (χ0n) is 15.4. The van der Waals surface area contributed by atoms with E-state index in [1.165, 1.54) is 12.1 Å². The molecule has 1 aliphatic rings. The first-order valence-corrected chi connectivity index (χ1v) is 9.50. The molecule has 0 bridgehead atoms. The number of nitrogens with zero attached hydrogens (tertiary/aromatic N) is 3. The Hall–Kier alpha value is -3.53. The van der Waals surface area contributed by atoms with Crippen molar-refractivity contribution in [2.24, 2.45) is 10.2 Å². The zero-order chi connectivity index (χ0) is 20.8. The van der Waals surface area contributed by atoms with Gasteiger partial charge in [0, 0.05) is 24.2 Å². The van der Waals surface area contributed by atoms with E-state index in [1.54, 1.807) is 31.2 Å². The van der Waals surface area contributed by atoms with Gasteiger partial charge >= 0.3 is 0 Å². The number of carbonyl (C=O) groups excluding carboxylic acids is 2. The van der Waals surface area contributed by atoms with Crippen molar-refractivity contribution in [1.29, 1.82) is 0 Å². The molecular weight excluding hydrogens is 394 g/mol. The molecule has 0 aliphatic carbocycles. The van der Waals surface area contributed by atoms with Crippen LogP contribution in [0.15, 0.2) is 64.8 Å². The summed E-state index contributed by atoms with van der Waals surface area (Å²) in [6, 6.07) is 14.9. The van der Waals surface area contributed by atoms with Crippen LogP contribution in [0.4, 0.5) is 11.4 Å². The van der Waals surface area contributed by atoms with Crippen molar-refractivity contribution in [3.05, 3.63) is 70.3 Å². The smallest absolute Gasteiger partial charge is 0.269 e. The lowest BCUT2D eigenvalue weighted by molar-refractivity contribution is -0.384. The average molecular weight is 411 g/mol. The van der Waals surface area contributed by atoms with E-state index < -0.39 is 10.2 Å². The molecule has 0 aromatic heterocycles. The molecule has 2 aromatic carbocycles. The minimum absolute atomic E-state index is 0.00939. The number of nitro groups is 1. The molecular formula is C19H17N5O4S. The molecule has 1 heterocycles. The number of nitro benzene ring substituents is 1. The standard InChI is InChI=1S/C19H17N5O4S/c1-12(13-7-9-15(10-8-13)24(27)28)22-23-19-21-18(26)16(29-19)11-17(25)20-14-5-3-2-4-6-14/h2-10,16H,11H2,1H3,(H,20,25)(H,21,23,26)/b22-12-/t16-/m1/s1. The maximum atomic E-state index is 12.1. The fourth-order valence-electron chi connectivity index (χ4n) is 2.49. The highest BCUT2D eigenvalue weighted by molar-refractivity contribution is 8.15. The summed E-state index contributed by atoms with van der Waals surface area (Å²) in [7, 11) is 0. The van der Waals surface area contributed by atoms with E-state index in [0.717, 1.165) is 11.8 Å². The molecule has 2 amide bonds. The summed E-state index contributed by atoms with van der Waals surface area (Å²) in [6.07, 6.45) is 0.00939. The first kappa shape index (κ1) is 20.2. The first-order valence-electron chi connectivity index (χ1n) is 8.62. The lowest BCUT2D eigenvalue weighted by Gasteiger charge is -2.06. The molecule has 0 saturated carbocycles. The normalized spacial score (nSPS) is 17.8. The van der Waals surface area contributed by atoms with Crippen molar-refractivity contribution in [2.45, 2.75) is 18.6 Å². The molecule has 0 spiro atoms. The summed E-state index contributed by atoms with van der Waals surface area (Å²) in [5.41, 5.74) is 1.86. The fourth-order valence-corrected chi connectivity index (χ4v) is 3.41. The maximum absolute atomic E-state index is 12.1. The second-order valence-electron chi connectivity index (χ2n) is 6.11. The largest absolute Gasteiger partial charge is 0.326 e. The van der Waals surface area contributed by atoms with Gasteiger partial charge in [-0.25, -0.2) is 0 Å². The van der Waals surface area contributed by atoms with Crippen LogP contribution in [-0.4, -0.2) is 32.9 Å². The van der Waals surface area contributed by atoms with Crippen molar-refractivity contribution in [2.75, 3.05) is 5.32 Å². The summed E-state index contributed by atoms with van der Waals surface area (Å²) in [6.45, 7) is 1.71. The molecule has 1 atom stereocenters. The van der Waals surface area contributed by atoms with Crippen LogP contribution >= 0.6 is 11.8 Å². The summed E-state index contributed by atoms with van der Waals surface area (Å²) in [5.74, 6) is -0.573. The Kier molecular flexibility index (Phi) is 6.35. The van der Waals surface area contributed by atoms with Gasteiger partial charge in [0.1, 0.15) is 5.25 Å². The van der Waals surface area contributed by atoms with Crippen LogP contribution < -0.4 is 10.6 Å². The van der Waals surface area contributed by atoms with Gasteiger partial charge in [0.15, 0.2) is 5.17 Å². The van der Waals surface area contributed by atoms with Crippen molar-refractivity contribution in [1.82, 2.24) is 5.32 Å². The topological polar surface area (TPSA) is 126 Å². The zero-order valence-corrected chi connectivity index (χ0v) is 16.2. The Balaban J connectivity index is 1.60. The lowest BCUT2D eigenvalue weighted by Crippen LogP contribution is -2.28. The number of nitrogens with one attached hydrogen (secondary N) is 2. The predicted molar refractivity (Wildman–Crippen MR) is 112 cm³/mol. The third-order valence-electron chi connectivity index (χ3n) is 3.99. The lowest BCUT2D eigenvalue weighted by atomic mass is 10.1. The van der Waals surface area contributed by atoms with Crippen LogP contribution in [0, 0.1) is 10.1 Å². The van der Waals surface area contributed by atoms with Crippen molar-refractivity contribution < 1.29 is 14.5 Å². The molecule has 1 saturated heterocycles. The van der Waals surface area contributed by atoms with Gasteiger partial charge < -0.3 is 10.6 Å². The number of rotatable bonds is 6. The van der Waals surface area contributed by atoms with Crippen molar-refractivity contribution in [3.63, 3.8) is 0 Å². The van der Waals surface area contributed by atoms with Gasteiger partial charge in [0.05, 0.1) is 10.6 Å². The molecule has 0 radical (unpaired) electrons. The molecule has 29 heavy (non-hydrogen) atoms. The number of para-hydroxylation sites is 1. The second-order valence-corrected chi connectivity index (χ2v) is 7.30. The molecule has 2 aromatic rings. The quantitative estimate of drug-likeness (QED) is 0.429. The van der Waals surface area contributed by atoms with Gasteiger partial charge in [-0.3, -0.25) is 19.7 Å². The van der Waals surface area contributed by atoms with Crippen LogP contribution in [0.1, 0.15) is 18.9 Å². The number of anilines is 1. The monoisotopic (exact) mass is 411 g/mol. The Morgan fingerprint density at radius 3 is 2.55 bits per heavy atom. The van der Waals surface area contributed by atoms with Crippen LogP contribution in [0.3, 0.4) is 0 Å². The highest BCUT2D eigenvalue weighted by Gasteiger charge is 2.32. The molecule has 9 nitrogen and oxygen atoms in total. The molecule has 148 valence electrons. The summed E-state index contributed by atoms with van der Waals surface area (Å²) in [4.78, 5) is 34.4. The average Bonchev–Trinajstić information content (AvgIpc) is 3.06. The van der Waals surface area contributed by atoms with Crippen LogP contribution in [0.5, 0.6) is 0 Å². The molecule has 2 N–H and O–H groups in total. The number of hydrogen-bond acceptors (Lipinski definition) is 7. The molecule has 1 aliphatic heterocycles. The van der Waals surface area contributed by atoms with E-state index in [2.05, 4.69) is 20.8 Å². The van der Waals surface area contributed by atoms with E-state index in [1.807, 2.05) is 18.2 Å². The van der Waals surface area contributed by atoms with Crippen LogP contribution in [0.2, 0.25) is 0 Å². The number of hydrogen-bond donors (Lipinski definition) is 2. The van der Waals surface area contributed by atoms with Crippen molar-refractivity contribution >= 4 is 45.8 Å². The van der Waals surface area contributed by atoms with E-state index in [4.69, 9.17) is 0 Å². The van der Waals surface area contributed by atoms with Gasteiger partial charge in [0.2, 0.25) is 11.8 Å². The number of amides is 2. The summed E-state index contributed by atoms with van der Waals surface area (Å²) < 4.78 is 0. The van der Waals surface area contributed by atoms with Crippen molar-refractivity contribution in [3.8, 4) is 0 Å². The van der Waals surface area contributed by atoms with E-state index in [0.29, 0.717) is 22.1 Å². The molecule has 1 fully saturated rings. The predicted octanol–water partition coefficient (Wildman–Crippen LogP) is 2.94. The number of benzene rings is 2.